The smallest absolute Gasteiger partial charge is 0.405 e. The van der Waals surface area contributed by atoms with Gasteiger partial charge in [0, 0.05) is 42.2 Å². The molecule has 0 bridgehead atoms. The summed E-state index contributed by atoms with van der Waals surface area (Å²) in [6.07, 6.45) is 11.7. The number of nitrogens with one attached hydrogen (secondary N) is 2. The average molecular weight is 805 g/mol. The van der Waals surface area contributed by atoms with E-state index in [0.29, 0.717) is 30.3 Å². The summed E-state index contributed by atoms with van der Waals surface area (Å²) in [5, 5.41) is 0. The number of ether oxygens (including phenoxy) is 1. The van der Waals surface area contributed by atoms with Gasteiger partial charge in [-0.3, -0.25) is 14.5 Å². The molecular weight excluding hydrogens is 757 g/mol. The lowest BCUT2D eigenvalue weighted by molar-refractivity contribution is -0.141. The second-order valence-electron chi connectivity index (χ2n) is 15.8. The molecule has 60 heavy (non-hydrogen) atoms. The van der Waals surface area contributed by atoms with Crippen molar-refractivity contribution in [1.82, 2.24) is 44.6 Å². The quantitative estimate of drug-likeness (QED) is 0.121. The van der Waals surface area contributed by atoms with Crippen molar-refractivity contribution in [3.8, 4) is 33.9 Å². The van der Waals surface area contributed by atoms with Crippen LogP contribution in [0.3, 0.4) is 0 Å². The Bertz CT molecular complexity index is 2410. The molecule has 9 rings (SSSR count). The fourth-order valence-electron chi connectivity index (χ4n) is 8.98. The highest BCUT2D eigenvalue weighted by Gasteiger charge is 2.40. The predicted molar refractivity (Wildman–Crippen MR) is 224 cm³/mol. The van der Waals surface area contributed by atoms with Crippen LogP contribution in [0.5, 0.6) is 0 Å². The van der Waals surface area contributed by atoms with E-state index in [0.717, 1.165) is 91.1 Å². The zero-order chi connectivity index (χ0) is 41.0. The van der Waals surface area contributed by atoms with Crippen molar-refractivity contribution in [3.63, 3.8) is 0 Å². The van der Waals surface area contributed by atoms with Crippen molar-refractivity contribution >= 4 is 17.9 Å². The normalized spacial score (nSPS) is 19.3. The maximum absolute atomic E-state index is 14.3. The van der Waals surface area contributed by atoms with E-state index in [1.165, 1.54) is 6.42 Å². The van der Waals surface area contributed by atoms with Crippen molar-refractivity contribution in [2.45, 2.75) is 69.2 Å². The molecule has 3 saturated heterocycles. The lowest BCUT2D eigenvalue weighted by Crippen LogP contribution is -2.44. The first-order valence-corrected chi connectivity index (χ1v) is 20.9. The molecule has 4 atom stereocenters. The Labute approximate surface area is 348 Å². The van der Waals surface area contributed by atoms with Gasteiger partial charge >= 0.3 is 6.09 Å². The fraction of sp³-hybridized carbons (Fsp3) is 0.326. The Morgan fingerprint density at radius 3 is 1.70 bits per heavy atom. The standard InChI is InChI=1S/C46H48N10O4/c47-46(59)60-40(32-14-6-2-7-15-32)45(58)56-25-11-17-38(56)43-50-28-35(52-43)30-18-20-33(21-19-30)41-48-26-34(27-49-41)36-29-51-42(53-36)37-16-10-24-55(37)44(57)39(31-12-4-1-5-13-31)54-22-8-3-9-23-54/h1-2,4-7,12-15,18-21,26-29,37-40H,3,8-11,16-17,22-25H2,(H2,47,59)(H,50,52)(H,51,53)/t37-,38-,39+,40+/m0/s1. The first-order valence-electron chi connectivity index (χ1n) is 20.9. The van der Waals surface area contributed by atoms with Crippen LogP contribution in [0.2, 0.25) is 0 Å². The SMILES string of the molecule is NC(=O)O[C@@H](C(=O)N1CCC[C@H]1c1ncc(-c2ccc(-c3ncc(-c4cnc([C@@H]5CCCN5C(=O)[C@@H](c5ccccc5)N5CCCCC5)[nH]4)cn3)cc2)[nH]1)c1ccccc1. The summed E-state index contributed by atoms with van der Waals surface area (Å²) < 4.78 is 5.30. The highest BCUT2D eigenvalue weighted by molar-refractivity contribution is 5.85. The number of likely N-dealkylation sites (tertiary alicyclic amines) is 3. The maximum Gasteiger partial charge on any atom is 0.405 e. The number of rotatable bonds is 11. The molecule has 3 amide bonds. The molecule has 6 heterocycles. The number of carbonyl (C=O) groups is 3. The van der Waals surface area contributed by atoms with Crippen LogP contribution >= 0.6 is 0 Å². The molecule has 0 spiro atoms. The summed E-state index contributed by atoms with van der Waals surface area (Å²) in [6.45, 7) is 3.08. The van der Waals surface area contributed by atoms with E-state index in [4.69, 9.17) is 25.4 Å². The summed E-state index contributed by atoms with van der Waals surface area (Å²) >= 11 is 0. The molecule has 0 radical (unpaired) electrons. The van der Waals surface area contributed by atoms with Crippen LogP contribution in [0.1, 0.15) is 92.0 Å². The lowest BCUT2D eigenvalue weighted by atomic mass is 10.00. The van der Waals surface area contributed by atoms with Gasteiger partial charge in [-0.1, -0.05) is 91.3 Å². The van der Waals surface area contributed by atoms with E-state index in [9.17, 15) is 14.4 Å². The van der Waals surface area contributed by atoms with E-state index in [-0.39, 0.29) is 29.9 Å². The average Bonchev–Trinajstić information content (AvgIpc) is 4.14. The van der Waals surface area contributed by atoms with Crippen LogP contribution in [0, 0.1) is 0 Å². The molecule has 3 aromatic carbocycles. The molecule has 14 heteroatoms. The second kappa shape index (κ2) is 17.3. The number of hydrogen-bond donors (Lipinski definition) is 3. The molecular formula is C46H48N10O4. The van der Waals surface area contributed by atoms with Gasteiger partial charge in [-0.2, -0.15) is 0 Å². The molecule has 14 nitrogen and oxygen atoms in total. The topological polar surface area (TPSA) is 179 Å². The molecule has 4 N–H and O–H groups in total. The zero-order valence-electron chi connectivity index (χ0n) is 33.3. The third kappa shape index (κ3) is 8.02. The summed E-state index contributed by atoms with van der Waals surface area (Å²) in [6, 6.07) is 26.3. The van der Waals surface area contributed by atoms with Gasteiger partial charge in [0.15, 0.2) is 5.82 Å². The third-order valence-electron chi connectivity index (χ3n) is 12.0. The molecule has 3 aliphatic rings. The van der Waals surface area contributed by atoms with E-state index >= 15 is 0 Å². The predicted octanol–water partition coefficient (Wildman–Crippen LogP) is 7.31. The molecule has 0 aliphatic carbocycles. The lowest BCUT2D eigenvalue weighted by Gasteiger charge is -2.37. The van der Waals surface area contributed by atoms with Crippen LogP contribution in [-0.2, 0) is 14.3 Å². The zero-order valence-corrected chi connectivity index (χ0v) is 33.3. The van der Waals surface area contributed by atoms with Gasteiger partial charge in [0.25, 0.3) is 5.91 Å². The molecule has 3 fully saturated rings. The number of nitrogens with zero attached hydrogens (tertiary/aromatic N) is 7. The van der Waals surface area contributed by atoms with E-state index in [1.54, 1.807) is 54.0 Å². The fourth-order valence-corrected chi connectivity index (χ4v) is 8.98. The molecule has 6 aromatic rings. The number of nitrogens with two attached hydrogens (primary N) is 1. The molecule has 306 valence electrons. The van der Waals surface area contributed by atoms with Crippen LogP contribution in [-0.4, -0.2) is 88.7 Å². The van der Waals surface area contributed by atoms with Crippen LogP contribution in [0.15, 0.2) is 110 Å². The van der Waals surface area contributed by atoms with Gasteiger partial charge in [0.05, 0.1) is 35.9 Å². The van der Waals surface area contributed by atoms with Crippen molar-refractivity contribution in [1.29, 1.82) is 0 Å². The molecule has 0 saturated carbocycles. The van der Waals surface area contributed by atoms with Gasteiger partial charge in [-0.15, -0.1) is 0 Å². The Hall–Kier alpha value is -6.67. The monoisotopic (exact) mass is 804 g/mol. The van der Waals surface area contributed by atoms with Crippen molar-refractivity contribution in [2.24, 2.45) is 5.73 Å². The number of piperidine rings is 1. The number of primary amides is 1. The Kier molecular flexibility index (Phi) is 11.2. The first-order chi connectivity index (χ1) is 29.4. The number of hydrogen-bond acceptors (Lipinski definition) is 9. The molecule has 3 aliphatic heterocycles. The van der Waals surface area contributed by atoms with Crippen LogP contribution in [0.4, 0.5) is 4.79 Å². The van der Waals surface area contributed by atoms with Gasteiger partial charge in [0.2, 0.25) is 12.0 Å². The van der Waals surface area contributed by atoms with Gasteiger partial charge in [-0.25, -0.2) is 24.7 Å². The summed E-state index contributed by atoms with van der Waals surface area (Å²) in [5.74, 6) is 1.83. The summed E-state index contributed by atoms with van der Waals surface area (Å²) in [4.78, 5) is 71.7. The highest BCUT2D eigenvalue weighted by Crippen LogP contribution is 2.37. The minimum atomic E-state index is -1.14. The largest absolute Gasteiger partial charge is 0.431 e. The van der Waals surface area contributed by atoms with Crippen molar-refractivity contribution < 1.29 is 19.1 Å². The number of H-pyrrole nitrogens is 2. The van der Waals surface area contributed by atoms with E-state index in [2.05, 4.69) is 32.0 Å². The number of benzene rings is 3. The Balaban J connectivity index is 0.861. The Morgan fingerprint density at radius 2 is 1.12 bits per heavy atom. The first kappa shape index (κ1) is 38.8. The molecule has 0 unspecified atom stereocenters. The number of aromatic nitrogens is 6. The van der Waals surface area contributed by atoms with Gasteiger partial charge < -0.3 is 30.2 Å². The minimum absolute atomic E-state index is 0.124. The summed E-state index contributed by atoms with van der Waals surface area (Å²) in [5.41, 5.74) is 11.1. The summed E-state index contributed by atoms with van der Waals surface area (Å²) in [7, 11) is 0. The second-order valence-corrected chi connectivity index (χ2v) is 15.8. The maximum atomic E-state index is 14.3. The number of aromatic amines is 2. The van der Waals surface area contributed by atoms with Crippen molar-refractivity contribution in [3.05, 3.63) is 132 Å². The Morgan fingerprint density at radius 1 is 0.583 bits per heavy atom. The van der Waals surface area contributed by atoms with E-state index in [1.807, 2.05) is 53.4 Å². The van der Waals surface area contributed by atoms with Crippen molar-refractivity contribution in [2.75, 3.05) is 26.2 Å². The van der Waals surface area contributed by atoms with Gasteiger partial charge in [0.1, 0.15) is 17.7 Å². The van der Waals surface area contributed by atoms with E-state index < -0.39 is 12.2 Å². The highest BCUT2D eigenvalue weighted by atomic mass is 16.6. The number of amides is 3. The number of carbonyl (C=O) groups excluding carboxylic acids is 3. The molecule has 3 aromatic heterocycles. The number of imidazole rings is 2. The van der Waals surface area contributed by atoms with Crippen LogP contribution < -0.4 is 5.73 Å². The van der Waals surface area contributed by atoms with Gasteiger partial charge in [-0.05, 0) is 62.7 Å². The third-order valence-corrected chi connectivity index (χ3v) is 12.0. The minimum Gasteiger partial charge on any atom is -0.431 e. The van der Waals surface area contributed by atoms with Crippen LogP contribution in [0.25, 0.3) is 33.9 Å².